The van der Waals surface area contributed by atoms with Crippen molar-refractivity contribution in [3.05, 3.63) is 28.2 Å². The number of amides is 1. The van der Waals surface area contributed by atoms with Gasteiger partial charge in [-0.05, 0) is 24.7 Å². The Morgan fingerprint density at radius 1 is 1.36 bits per heavy atom. The van der Waals surface area contributed by atoms with Crippen LogP contribution in [-0.4, -0.2) is 42.8 Å². The van der Waals surface area contributed by atoms with Crippen LogP contribution in [0.4, 0.5) is 0 Å². The van der Waals surface area contributed by atoms with E-state index in [0.717, 1.165) is 38.2 Å². The van der Waals surface area contributed by atoms with Gasteiger partial charge in [-0.1, -0.05) is 30.1 Å². The largest absolute Gasteiger partial charge is 0.482 e. The number of hydrazone groups is 1. The molecule has 0 bridgehead atoms. The van der Waals surface area contributed by atoms with Gasteiger partial charge in [-0.3, -0.25) is 4.79 Å². The zero-order chi connectivity index (χ0) is 15.9. The number of hydrogen-bond acceptors (Lipinski definition) is 4. The van der Waals surface area contributed by atoms with E-state index in [4.69, 9.17) is 27.9 Å². The van der Waals surface area contributed by atoms with Crippen molar-refractivity contribution in [1.29, 1.82) is 0 Å². The molecular weight excluding hydrogens is 325 g/mol. The molecule has 1 aromatic rings. The molecule has 1 saturated heterocycles. The summed E-state index contributed by atoms with van der Waals surface area (Å²) in [6.07, 6.45) is 1.77. The predicted octanol–water partition coefficient (Wildman–Crippen LogP) is 2.96. The van der Waals surface area contributed by atoms with Crippen molar-refractivity contribution in [3.8, 4) is 5.75 Å². The van der Waals surface area contributed by atoms with Gasteiger partial charge in [0.25, 0.3) is 5.91 Å². The maximum atomic E-state index is 11.7. The van der Waals surface area contributed by atoms with E-state index in [9.17, 15) is 4.79 Å². The molecule has 1 amide bonds. The lowest BCUT2D eigenvalue weighted by atomic mass is 10.1. The fourth-order valence-electron chi connectivity index (χ4n) is 2.15. The first kappa shape index (κ1) is 17.1. The molecule has 0 aromatic heterocycles. The van der Waals surface area contributed by atoms with Crippen molar-refractivity contribution >= 4 is 34.8 Å². The summed E-state index contributed by atoms with van der Waals surface area (Å²) in [4.78, 5) is 14.1. The molecule has 0 spiro atoms. The first-order valence-corrected chi connectivity index (χ1v) is 7.98. The van der Waals surface area contributed by atoms with Gasteiger partial charge in [-0.2, -0.15) is 5.10 Å². The minimum absolute atomic E-state index is 0.140. The molecule has 0 atom stereocenters. The van der Waals surface area contributed by atoms with Gasteiger partial charge in [0.1, 0.15) is 5.75 Å². The zero-order valence-electron chi connectivity index (χ0n) is 12.4. The summed E-state index contributed by atoms with van der Waals surface area (Å²) >= 11 is 11.8. The van der Waals surface area contributed by atoms with Gasteiger partial charge < -0.3 is 9.64 Å². The minimum atomic E-state index is -0.309. The molecule has 22 heavy (non-hydrogen) atoms. The third-order valence-electron chi connectivity index (χ3n) is 3.47. The van der Waals surface area contributed by atoms with Gasteiger partial charge in [0.15, 0.2) is 6.61 Å². The van der Waals surface area contributed by atoms with E-state index in [1.165, 1.54) is 0 Å². The number of benzene rings is 1. The number of carbonyl (C=O) groups is 1. The van der Waals surface area contributed by atoms with Gasteiger partial charge in [0.05, 0.1) is 5.02 Å². The Hall–Kier alpha value is -1.30. The van der Waals surface area contributed by atoms with Gasteiger partial charge in [0, 0.05) is 36.7 Å². The normalized spacial score (nSPS) is 15.5. The fourth-order valence-corrected chi connectivity index (χ4v) is 2.61. The first-order valence-electron chi connectivity index (χ1n) is 7.23. The molecule has 1 heterocycles. The third kappa shape index (κ3) is 5.16. The summed E-state index contributed by atoms with van der Waals surface area (Å²) in [5, 5.41) is 5.05. The molecule has 1 aliphatic rings. The van der Waals surface area contributed by atoms with Crippen LogP contribution in [0, 0.1) is 0 Å². The van der Waals surface area contributed by atoms with Crippen LogP contribution in [-0.2, 0) is 4.79 Å². The first-order chi connectivity index (χ1) is 10.6. The van der Waals surface area contributed by atoms with E-state index in [1.54, 1.807) is 18.2 Å². The Morgan fingerprint density at radius 3 is 2.73 bits per heavy atom. The van der Waals surface area contributed by atoms with Crippen LogP contribution in [0.15, 0.2) is 23.3 Å². The monoisotopic (exact) mass is 343 g/mol. The smallest absolute Gasteiger partial charge is 0.277 e. The van der Waals surface area contributed by atoms with Crippen LogP contribution in [0.5, 0.6) is 5.75 Å². The maximum Gasteiger partial charge on any atom is 0.277 e. The Balaban J connectivity index is 1.76. The second-order valence-corrected chi connectivity index (χ2v) is 5.85. The highest BCUT2D eigenvalue weighted by atomic mass is 35.5. The maximum absolute atomic E-state index is 11.7. The van der Waals surface area contributed by atoms with Gasteiger partial charge >= 0.3 is 0 Å². The van der Waals surface area contributed by atoms with Crippen molar-refractivity contribution in [1.82, 2.24) is 10.3 Å². The van der Waals surface area contributed by atoms with Gasteiger partial charge in [-0.15, -0.1) is 0 Å². The van der Waals surface area contributed by atoms with Crippen molar-refractivity contribution in [3.63, 3.8) is 0 Å². The van der Waals surface area contributed by atoms with E-state index in [-0.39, 0.29) is 12.5 Å². The quantitative estimate of drug-likeness (QED) is 0.836. The number of halogens is 2. The van der Waals surface area contributed by atoms with E-state index in [2.05, 4.69) is 22.4 Å². The Morgan fingerprint density at radius 2 is 2.09 bits per heavy atom. The van der Waals surface area contributed by atoms with Gasteiger partial charge in [0.2, 0.25) is 0 Å². The lowest BCUT2D eigenvalue weighted by molar-refractivity contribution is -0.123. The lowest BCUT2D eigenvalue weighted by Gasteiger charge is -2.25. The van der Waals surface area contributed by atoms with Crippen molar-refractivity contribution in [2.75, 3.05) is 26.2 Å². The molecular formula is C15H19Cl2N3O2. The molecule has 1 aliphatic heterocycles. The summed E-state index contributed by atoms with van der Waals surface area (Å²) in [7, 11) is 0. The summed E-state index contributed by atoms with van der Waals surface area (Å²) in [6.45, 7) is 5.03. The Bertz CT molecular complexity index is 554. The standard InChI is InChI=1S/C15H19Cl2N3O2/c1-2-20-7-5-12(6-8-20)18-19-15(21)10-22-14-4-3-11(16)9-13(14)17/h3-4,9H,2,5-8,10H2,1H3,(H,19,21). The second-order valence-electron chi connectivity index (χ2n) is 5.01. The second kappa shape index (κ2) is 8.36. The minimum Gasteiger partial charge on any atom is -0.482 e. The van der Waals surface area contributed by atoms with E-state index >= 15 is 0 Å². The number of piperidine rings is 1. The number of hydrogen-bond donors (Lipinski definition) is 1. The topological polar surface area (TPSA) is 53.9 Å². The molecule has 1 N–H and O–H groups in total. The Kier molecular flexibility index (Phi) is 6.49. The number of carbonyl (C=O) groups excluding carboxylic acids is 1. The summed E-state index contributed by atoms with van der Waals surface area (Å²) < 4.78 is 5.35. The highest BCUT2D eigenvalue weighted by Gasteiger charge is 2.13. The molecule has 5 nitrogen and oxygen atoms in total. The highest BCUT2D eigenvalue weighted by Crippen LogP contribution is 2.27. The summed E-state index contributed by atoms with van der Waals surface area (Å²) in [5.41, 5.74) is 3.54. The number of nitrogens with one attached hydrogen (secondary N) is 1. The number of ether oxygens (including phenoxy) is 1. The molecule has 7 heteroatoms. The lowest BCUT2D eigenvalue weighted by Crippen LogP contribution is -2.35. The van der Waals surface area contributed by atoms with E-state index < -0.39 is 0 Å². The number of nitrogens with zero attached hydrogens (tertiary/aromatic N) is 2. The van der Waals surface area contributed by atoms with Crippen molar-refractivity contribution in [2.45, 2.75) is 19.8 Å². The average Bonchev–Trinajstić information content (AvgIpc) is 2.52. The zero-order valence-corrected chi connectivity index (χ0v) is 14.0. The average molecular weight is 344 g/mol. The van der Waals surface area contributed by atoms with E-state index in [0.29, 0.717) is 15.8 Å². The van der Waals surface area contributed by atoms with Gasteiger partial charge in [-0.25, -0.2) is 5.43 Å². The van der Waals surface area contributed by atoms with Crippen LogP contribution in [0.2, 0.25) is 10.0 Å². The molecule has 0 aliphatic carbocycles. The molecule has 1 fully saturated rings. The SMILES string of the molecule is CCN1CCC(=NNC(=O)COc2ccc(Cl)cc2Cl)CC1. The molecule has 0 radical (unpaired) electrons. The summed E-state index contributed by atoms with van der Waals surface area (Å²) in [6, 6.07) is 4.85. The number of rotatable bonds is 5. The molecule has 120 valence electrons. The van der Waals surface area contributed by atoms with Crippen LogP contribution in [0.1, 0.15) is 19.8 Å². The van der Waals surface area contributed by atoms with Crippen LogP contribution >= 0.6 is 23.2 Å². The number of likely N-dealkylation sites (tertiary alicyclic amines) is 1. The highest BCUT2D eigenvalue weighted by molar-refractivity contribution is 6.35. The molecule has 2 rings (SSSR count). The predicted molar refractivity (Wildman–Crippen MR) is 88.9 cm³/mol. The van der Waals surface area contributed by atoms with Crippen LogP contribution < -0.4 is 10.2 Å². The van der Waals surface area contributed by atoms with Crippen LogP contribution in [0.3, 0.4) is 0 Å². The fraction of sp³-hybridized carbons (Fsp3) is 0.467. The van der Waals surface area contributed by atoms with Crippen LogP contribution in [0.25, 0.3) is 0 Å². The van der Waals surface area contributed by atoms with E-state index in [1.807, 2.05) is 0 Å². The third-order valence-corrected chi connectivity index (χ3v) is 4.00. The van der Waals surface area contributed by atoms with Crippen molar-refractivity contribution < 1.29 is 9.53 Å². The summed E-state index contributed by atoms with van der Waals surface area (Å²) in [5.74, 6) is 0.113. The molecule has 1 aromatic carbocycles. The molecule has 0 unspecified atom stereocenters. The van der Waals surface area contributed by atoms with Crippen molar-refractivity contribution in [2.24, 2.45) is 5.10 Å². The Labute approximate surface area is 140 Å². The molecule has 0 saturated carbocycles.